The van der Waals surface area contributed by atoms with Gasteiger partial charge in [0.05, 0.1) is 18.2 Å². The molecule has 61 heavy (non-hydrogen) atoms. The van der Waals surface area contributed by atoms with Crippen molar-refractivity contribution in [2.45, 2.75) is 103 Å². The third-order valence-electron chi connectivity index (χ3n) is 13.5. The smallest absolute Gasteiger partial charge is 0.239 e. The van der Waals surface area contributed by atoms with Crippen molar-refractivity contribution in [1.29, 1.82) is 0 Å². The van der Waals surface area contributed by atoms with Gasteiger partial charge in [0.15, 0.2) is 0 Å². The van der Waals surface area contributed by atoms with Gasteiger partial charge in [0.1, 0.15) is 29.9 Å². The van der Waals surface area contributed by atoms with Crippen molar-refractivity contribution in [2.75, 3.05) is 26.4 Å². The molecule has 8 rings (SSSR count). The Morgan fingerprint density at radius 1 is 0.934 bits per heavy atom. The maximum Gasteiger partial charge on any atom is 0.239 e. The fourth-order valence-corrected chi connectivity index (χ4v) is 10.3. The van der Waals surface area contributed by atoms with Crippen LogP contribution in [0, 0.1) is 37.5 Å². The lowest BCUT2D eigenvalue weighted by molar-refractivity contribution is -0.258. The molecule has 1 heterocycles. The summed E-state index contributed by atoms with van der Waals surface area (Å²) in [6.45, 7) is 11.5. The van der Waals surface area contributed by atoms with Crippen LogP contribution in [-0.2, 0) is 20.9 Å². The van der Waals surface area contributed by atoms with Crippen LogP contribution in [0.1, 0.15) is 92.9 Å². The highest BCUT2D eigenvalue weighted by molar-refractivity contribution is 6.03. The van der Waals surface area contributed by atoms with Gasteiger partial charge < -0.3 is 34.2 Å². The van der Waals surface area contributed by atoms with Gasteiger partial charge in [-0.05, 0) is 134 Å². The average Bonchev–Trinajstić information content (AvgIpc) is 4.13. The Morgan fingerprint density at radius 2 is 1.69 bits per heavy atom. The lowest BCUT2D eigenvalue weighted by Gasteiger charge is -2.60. The number of oxime groups is 1. The predicted molar refractivity (Wildman–Crippen MR) is 240 cm³/mol. The highest BCUT2D eigenvalue weighted by Gasteiger charge is 2.66. The van der Waals surface area contributed by atoms with Crippen molar-refractivity contribution in [1.82, 2.24) is 4.90 Å². The molecule has 4 aromatic rings. The van der Waals surface area contributed by atoms with E-state index < -0.39 is 11.8 Å². The third-order valence-corrected chi connectivity index (χ3v) is 13.5. The molecule has 0 aromatic heterocycles. The van der Waals surface area contributed by atoms with Gasteiger partial charge in [-0.3, -0.25) is 4.79 Å². The van der Waals surface area contributed by atoms with Crippen LogP contribution in [0.25, 0.3) is 10.8 Å². The molecule has 2 saturated carbocycles. The van der Waals surface area contributed by atoms with Gasteiger partial charge in [0, 0.05) is 43.6 Å². The van der Waals surface area contributed by atoms with Crippen LogP contribution in [0.3, 0.4) is 0 Å². The Morgan fingerprint density at radius 3 is 2.44 bits per heavy atom. The lowest BCUT2D eigenvalue weighted by Crippen LogP contribution is -2.70. The fraction of sp³-hybridized carbons (Fsp3) is 0.462. The second-order valence-corrected chi connectivity index (χ2v) is 17.4. The van der Waals surface area contributed by atoms with Crippen LogP contribution in [0.2, 0.25) is 0 Å². The SMILES string of the molecule is C=CCO[C@@]12Oc3ccc(Oc4ccc(C)c(C)c4)cc3[C@H]3[C@H](CCCCO)[C@@H](CCCCO)C=C(C(=NOCC)C[C@@H]1N(Cc1cccc4ccccc14)C(=O)C1CC1)[C@H]32. The second-order valence-electron chi connectivity index (χ2n) is 17.4. The summed E-state index contributed by atoms with van der Waals surface area (Å²) in [6.07, 6.45) is 11.1. The number of hydrogen-bond acceptors (Lipinski definition) is 8. The molecule has 0 spiro atoms. The van der Waals surface area contributed by atoms with Crippen LogP contribution < -0.4 is 9.47 Å². The molecule has 4 aliphatic rings. The number of carbonyl (C=O) groups excluding carboxylic acids is 1. The number of amides is 1. The topological polar surface area (TPSA) is 110 Å². The Labute approximate surface area is 361 Å². The first-order valence-corrected chi connectivity index (χ1v) is 22.5. The first-order chi connectivity index (χ1) is 29.8. The molecule has 0 unspecified atom stereocenters. The number of fused-ring (bicyclic) bond motifs is 3. The molecule has 1 aliphatic heterocycles. The van der Waals surface area contributed by atoms with Gasteiger partial charge in [-0.15, -0.1) is 6.58 Å². The number of benzene rings is 4. The summed E-state index contributed by atoms with van der Waals surface area (Å²) in [6, 6.07) is 26.4. The van der Waals surface area contributed by atoms with Crippen LogP contribution in [0.15, 0.2) is 108 Å². The zero-order valence-electron chi connectivity index (χ0n) is 36.1. The van der Waals surface area contributed by atoms with Gasteiger partial charge in [-0.25, -0.2) is 0 Å². The van der Waals surface area contributed by atoms with E-state index in [1.54, 1.807) is 6.08 Å². The Hall–Kier alpha value is -4.96. The monoisotopic (exact) mass is 826 g/mol. The number of hydrogen-bond donors (Lipinski definition) is 2. The Bertz CT molecular complexity index is 2260. The second kappa shape index (κ2) is 19.0. The van der Waals surface area contributed by atoms with E-state index in [0.29, 0.717) is 43.9 Å². The van der Waals surface area contributed by atoms with Crippen molar-refractivity contribution < 1.29 is 34.1 Å². The molecule has 9 nitrogen and oxygen atoms in total. The largest absolute Gasteiger partial charge is 0.459 e. The number of aliphatic hydroxyl groups is 2. The minimum atomic E-state index is -1.32. The number of rotatable bonds is 19. The first kappa shape index (κ1) is 42.7. The summed E-state index contributed by atoms with van der Waals surface area (Å²) in [7, 11) is 0. The summed E-state index contributed by atoms with van der Waals surface area (Å²) in [4.78, 5) is 23.0. The van der Waals surface area contributed by atoms with Crippen LogP contribution in [-0.4, -0.2) is 65.0 Å². The van der Waals surface area contributed by atoms with Crippen LogP contribution in [0.4, 0.5) is 0 Å². The van der Waals surface area contributed by atoms with Crippen molar-refractivity contribution >= 4 is 22.4 Å². The quantitative estimate of drug-likeness (QED) is 0.0550. The molecule has 2 N–H and O–H groups in total. The van der Waals surface area contributed by atoms with Gasteiger partial charge in [0.25, 0.3) is 0 Å². The number of aryl methyl sites for hydroxylation is 2. The Kier molecular flexibility index (Phi) is 13.3. The van der Waals surface area contributed by atoms with E-state index in [1.165, 1.54) is 5.56 Å². The molecule has 0 radical (unpaired) electrons. The fourth-order valence-electron chi connectivity index (χ4n) is 10.3. The number of aliphatic hydroxyl groups excluding tert-OH is 2. The number of ether oxygens (including phenoxy) is 3. The molecule has 3 aliphatic carbocycles. The normalized spacial score (nSPS) is 24.6. The van der Waals surface area contributed by atoms with Gasteiger partial charge in [-0.1, -0.05) is 78.7 Å². The number of allylic oxidation sites excluding steroid dienone is 1. The molecular weight excluding hydrogens is 765 g/mol. The van der Waals surface area contributed by atoms with Gasteiger partial charge >= 0.3 is 0 Å². The average molecular weight is 827 g/mol. The minimum absolute atomic E-state index is 0.0686. The molecule has 2 fully saturated rings. The molecule has 9 heteroatoms. The van der Waals surface area contributed by atoms with E-state index in [4.69, 9.17) is 24.2 Å². The van der Waals surface area contributed by atoms with Gasteiger partial charge in [0.2, 0.25) is 11.7 Å². The summed E-state index contributed by atoms with van der Waals surface area (Å²) >= 11 is 0. The van der Waals surface area contributed by atoms with Crippen molar-refractivity contribution in [3.05, 3.63) is 125 Å². The molecular formula is C52H62N2O7. The maximum absolute atomic E-state index is 15.0. The highest BCUT2D eigenvalue weighted by Crippen LogP contribution is 2.62. The molecule has 4 aromatic carbocycles. The van der Waals surface area contributed by atoms with E-state index in [-0.39, 0.29) is 55.3 Å². The molecule has 1 amide bonds. The predicted octanol–water partition coefficient (Wildman–Crippen LogP) is 10.3. The number of carbonyl (C=O) groups is 1. The minimum Gasteiger partial charge on any atom is -0.459 e. The van der Waals surface area contributed by atoms with Gasteiger partial charge in [-0.2, -0.15) is 0 Å². The first-order valence-electron chi connectivity index (χ1n) is 22.5. The summed E-state index contributed by atoms with van der Waals surface area (Å²) in [5.74, 6) is 0.623. The van der Waals surface area contributed by atoms with E-state index in [2.05, 4.69) is 81.1 Å². The number of nitrogens with zero attached hydrogens (tertiary/aromatic N) is 2. The van der Waals surface area contributed by atoms with Crippen molar-refractivity contribution in [2.24, 2.45) is 28.8 Å². The summed E-state index contributed by atoms with van der Waals surface area (Å²) in [5.41, 5.74) is 6.28. The molecule has 0 saturated heterocycles. The zero-order valence-corrected chi connectivity index (χ0v) is 36.1. The maximum atomic E-state index is 15.0. The van der Waals surface area contributed by atoms with E-state index in [9.17, 15) is 15.0 Å². The van der Waals surface area contributed by atoms with Crippen LogP contribution in [0.5, 0.6) is 17.2 Å². The lowest BCUT2D eigenvalue weighted by atomic mass is 9.55. The van der Waals surface area contributed by atoms with E-state index in [1.807, 2.05) is 36.1 Å². The zero-order chi connectivity index (χ0) is 42.5. The highest BCUT2D eigenvalue weighted by atomic mass is 16.7. The standard InChI is InChI=1S/C52H62N2O7/c1-5-28-58-52-48(54(51(57)37-21-22-37)33-39-17-13-16-36-14-7-8-18-42(36)39)32-46(53-59-6-2)44-30-38(15-9-11-26-55)43(19-10-12-27-56)49(50(44)52)45-31-41(24-25-47(45)61-52)60-40-23-20-34(3)35(4)29-40/h5,7-8,13-14,16-18,20,23-25,29-31,37-38,43,48-50,55-56H,1,6,9-12,15,19,21-22,26-28,32-33H2,2-4H3/t38-,43+,48-,49+,50+,52+/m0/s1. The molecule has 6 atom stereocenters. The molecule has 322 valence electrons. The van der Waals surface area contributed by atoms with E-state index >= 15 is 0 Å². The van der Waals surface area contributed by atoms with E-state index in [0.717, 1.165) is 83.0 Å². The van der Waals surface area contributed by atoms with Crippen molar-refractivity contribution in [3.63, 3.8) is 0 Å². The summed E-state index contributed by atoms with van der Waals surface area (Å²) < 4.78 is 21.3. The Balaban J connectivity index is 1.34. The number of unbranched alkanes of at least 4 members (excludes halogenated alkanes) is 2. The summed E-state index contributed by atoms with van der Waals surface area (Å²) in [5, 5.41) is 27.1. The van der Waals surface area contributed by atoms with Crippen LogP contribution >= 0.6 is 0 Å². The van der Waals surface area contributed by atoms with Crippen molar-refractivity contribution in [3.8, 4) is 17.2 Å². The third kappa shape index (κ3) is 8.75. The molecule has 0 bridgehead atoms.